The van der Waals surface area contributed by atoms with Crippen LogP contribution in [0.1, 0.15) is 59.3 Å². The van der Waals surface area contributed by atoms with Crippen molar-refractivity contribution in [3.8, 4) is 0 Å². The summed E-state index contributed by atoms with van der Waals surface area (Å²) in [5.41, 5.74) is 5.78. The maximum atomic E-state index is 5.40. The van der Waals surface area contributed by atoms with E-state index in [1.807, 2.05) is 44.2 Å². The first kappa shape index (κ1) is 31.4. The van der Waals surface area contributed by atoms with Gasteiger partial charge in [0.1, 0.15) is 11.6 Å². The minimum absolute atomic E-state index is 0.269. The van der Waals surface area contributed by atoms with Crippen molar-refractivity contribution in [3.05, 3.63) is 138 Å². The molecule has 0 unspecified atom stereocenters. The first-order chi connectivity index (χ1) is 19.9. The van der Waals surface area contributed by atoms with Crippen LogP contribution >= 0.6 is 0 Å². The minimum Gasteiger partial charge on any atom is -0.322 e. The predicted octanol–water partition coefficient (Wildman–Crippen LogP) is 8.73. The molecule has 3 nitrogen and oxygen atoms in total. The van der Waals surface area contributed by atoms with Crippen molar-refractivity contribution in [1.82, 2.24) is 4.98 Å². The Morgan fingerprint density at radius 3 is 2.51 bits per heavy atom. The highest BCUT2D eigenvalue weighted by molar-refractivity contribution is 5.64. The maximum absolute atomic E-state index is 5.40. The fourth-order valence-electron chi connectivity index (χ4n) is 5.40. The molecule has 0 saturated carbocycles. The van der Waals surface area contributed by atoms with Crippen molar-refractivity contribution in [2.24, 2.45) is 5.92 Å². The zero-order valence-electron chi connectivity index (χ0n) is 25.4. The Morgan fingerprint density at radius 2 is 1.83 bits per heavy atom. The number of nitrogens with zero attached hydrogens (tertiary/aromatic N) is 3. The van der Waals surface area contributed by atoms with Crippen LogP contribution in [0.4, 0.5) is 11.6 Å². The molecule has 1 atom stereocenters. The molecule has 2 heterocycles. The van der Waals surface area contributed by atoms with Gasteiger partial charge in [-0.25, -0.2) is 4.98 Å². The van der Waals surface area contributed by atoms with E-state index in [4.69, 9.17) is 4.98 Å². The SMILES string of the molecule is C=C/C=C\CN(/C(C=C)=C(C=C)/C=C\C)c1c/c(=C/C=C\C)c(=C)c(N2C(=C)[C@@H](C)C/C=C\CC3=C2CCCC3)n1. The number of pyridine rings is 1. The highest BCUT2D eigenvalue weighted by Crippen LogP contribution is 2.37. The van der Waals surface area contributed by atoms with Gasteiger partial charge in [0.15, 0.2) is 0 Å². The standard InChI is InChI=1S/C38H47N3/c1-9-14-20-27-40(35(13-5)32(12-4)21-11-3)37-28-34(23-15-10-2)30(7)38(39-37)41-31(8)29(6)22-16-17-24-33-25-18-19-26-36(33)41/h9-17,20-21,23,28-29H,1,4-5,7-8,18-19,22,24-27H2,2-3,6H3/b15-10-,17-16-,20-14-,21-11-,34-23-,35-32+/t29-/m0/s1. The molecule has 0 bridgehead atoms. The van der Waals surface area contributed by atoms with Gasteiger partial charge in [0, 0.05) is 28.9 Å². The summed E-state index contributed by atoms with van der Waals surface area (Å²) >= 11 is 0. The van der Waals surface area contributed by atoms with Gasteiger partial charge >= 0.3 is 0 Å². The molecule has 0 fully saturated rings. The summed E-state index contributed by atoms with van der Waals surface area (Å²) < 4.78 is 0. The predicted molar refractivity (Wildman–Crippen MR) is 182 cm³/mol. The molecule has 214 valence electrons. The maximum Gasteiger partial charge on any atom is 0.146 e. The van der Waals surface area contributed by atoms with Gasteiger partial charge in [-0.15, -0.1) is 0 Å². The van der Waals surface area contributed by atoms with Gasteiger partial charge in [-0.3, -0.25) is 0 Å². The Balaban J connectivity index is 2.42. The van der Waals surface area contributed by atoms with Crippen molar-refractivity contribution in [2.75, 3.05) is 16.3 Å². The van der Waals surface area contributed by atoms with Crippen LogP contribution in [0.3, 0.4) is 0 Å². The van der Waals surface area contributed by atoms with Gasteiger partial charge in [0.25, 0.3) is 0 Å². The van der Waals surface area contributed by atoms with Crippen LogP contribution in [-0.4, -0.2) is 11.5 Å². The number of rotatable bonds is 10. The first-order valence-corrected chi connectivity index (χ1v) is 14.8. The van der Waals surface area contributed by atoms with Crippen LogP contribution in [0.5, 0.6) is 0 Å². The van der Waals surface area contributed by atoms with Gasteiger partial charge in [-0.2, -0.15) is 0 Å². The van der Waals surface area contributed by atoms with Crippen LogP contribution in [0, 0.1) is 5.92 Å². The van der Waals surface area contributed by atoms with Crippen molar-refractivity contribution in [3.63, 3.8) is 0 Å². The third-order valence-electron chi connectivity index (χ3n) is 7.68. The Bertz CT molecular complexity index is 1440. The fourth-order valence-corrected chi connectivity index (χ4v) is 5.40. The van der Waals surface area contributed by atoms with E-state index >= 15 is 0 Å². The van der Waals surface area contributed by atoms with E-state index in [1.54, 1.807) is 6.08 Å². The highest BCUT2D eigenvalue weighted by atomic mass is 15.3. The molecule has 0 saturated heterocycles. The number of anilines is 2. The highest BCUT2D eigenvalue weighted by Gasteiger charge is 2.27. The Hall–Kier alpha value is -4.11. The summed E-state index contributed by atoms with van der Waals surface area (Å²) in [7, 11) is 0. The molecular formula is C38H47N3. The smallest absolute Gasteiger partial charge is 0.146 e. The molecule has 0 N–H and O–H groups in total. The zero-order valence-corrected chi connectivity index (χ0v) is 25.4. The third kappa shape index (κ3) is 7.55. The molecule has 0 aromatic carbocycles. The van der Waals surface area contributed by atoms with Crippen LogP contribution in [0.15, 0.2) is 127 Å². The minimum atomic E-state index is 0.269. The van der Waals surface area contributed by atoms with Gasteiger partial charge in [-0.05, 0) is 86.8 Å². The van der Waals surface area contributed by atoms with Gasteiger partial charge in [0.2, 0.25) is 0 Å². The van der Waals surface area contributed by atoms with Crippen LogP contribution < -0.4 is 20.2 Å². The lowest BCUT2D eigenvalue weighted by atomic mass is 9.92. The summed E-state index contributed by atoms with van der Waals surface area (Å²) in [6, 6.07) is 2.12. The Kier molecular flexibility index (Phi) is 12.0. The molecule has 2 aliphatic rings. The summed E-state index contributed by atoms with van der Waals surface area (Å²) in [6.07, 6.45) is 30.9. The van der Waals surface area contributed by atoms with Gasteiger partial charge in [0.05, 0.1) is 0 Å². The third-order valence-corrected chi connectivity index (χ3v) is 7.68. The lowest BCUT2D eigenvalue weighted by Crippen LogP contribution is -2.38. The molecule has 0 spiro atoms. The second-order valence-electron chi connectivity index (χ2n) is 10.5. The zero-order chi connectivity index (χ0) is 29.8. The average Bonchev–Trinajstić information content (AvgIpc) is 3.04. The normalized spacial score (nSPS) is 20.1. The number of hydrogen-bond donors (Lipinski definition) is 0. The monoisotopic (exact) mass is 545 g/mol. The van der Waals surface area contributed by atoms with Crippen molar-refractivity contribution < 1.29 is 0 Å². The molecule has 0 amide bonds. The first-order valence-electron chi connectivity index (χ1n) is 14.8. The van der Waals surface area contributed by atoms with Crippen molar-refractivity contribution in [2.45, 2.75) is 59.3 Å². The average molecular weight is 546 g/mol. The molecule has 1 aliphatic carbocycles. The van der Waals surface area contributed by atoms with E-state index in [0.29, 0.717) is 6.54 Å². The lowest BCUT2D eigenvalue weighted by Gasteiger charge is -2.36. The van der Waals surface area contributed by atoms with E-state index in [-0.39, 0.29) is 5.92 Å². The van der Waals surface area contributed by atoms with E-state index in [9.17, 15) is 0 Å². The fraction of sp³-hybridized carbons (Fsp3) is 0.289. The molecule has 3 rings (SSSR count). The second-order valence-corrected chi connectivity index (χ2v) is 10.5. The van der Waals surface area contributed by atoms with Crippen LogP contribution in [-0.2, 0) is 0 Å². The van der Waals surface area contributed by atoms with E-state index in [0.717, 1.165) is 71.1 Å². The molecule has 1 aromatic heterocycles. The summed E-state index contributed by atoms with van der Waals surface area (Å²) in [5.74, 6) is 1.93. The number of hydrogen-bond acceptors (Lipinski definition) is 3. The molecular weight excluding hydrogens is 498 g/mol. The van der Waals surface area contributed by atoms with Crippen LogP contribution in [0.25, 0.3) is 12.7 Å². The number of aromatic nitrogens is 1. The molecule has 1 aliphatic heterocycles. The van der Waals surface area contributed by atoms with Crippen LogP contribution in [0.2, 0.25) is 0 Å². The van der Waals surface area contributed by atoms with E-state index < -0.39 is 0 Å². The van der Waals surface area contributed by atoms with Gasteiger partial charge < -0.3 is 9.80 Å². The Morgan fingerprint density at radius 1 is 1.05 bits per heavy atom. The summed E-state index contributed by atoms with van der Waals surface area (Å²) in [4.78, 5) is 9.93. The quantitative estimate of drug-likeness (QED) is 0.216. The lowest BCUT2D eigenvalue weighted by molar-refractivity contribution is 0.622. The topological polar surface area (TPSA) is 19.4 Å². The van der Waals surface area contributed by atoms with E-state index in [1.165, 1.54) is 17.7 Å². The molecule has 1 aromatic rings. The molecule has 41 heavy (non-hydrogen) atoms. The van der Waals surface area contributed by atoms with E-state index in [2.05, 4.69) is 92.1 Å². The van der Waals surface area contributed by atoms with Crippen molar-refractivity contribution in [1.29, 1.82) is 0 Å². The summed E-state index contributed by atoms with van der Waals surface area (Å²) in [6.45, 7) is 28.2. The Labute approximate surface area is 248 Å². The molecule has 3 heteroatoms. The molecule has 0 radical (unpaired) electrons. The largest absolute Gasteiger partial charge is 0.322 e. The summed E-state index contributed by atoms with van der Waals surface area (Å²) in [5, 5.41) is 1.92. The van der Waals surface area contributed by atoms with Gasteiger partial charge in [-0.1, -0.05) is 107 Å². The number of allylic oxidation sites excluding steroid dienone is 14. The van der Waals surface area contributed by atoms with Crippen molar-refractivity contribution >= 4 is 24.3 Å². The second kappa shape index (κ2) is 15.6.